The Bertz CT molecular complexity index is 2310. The Morgan fingerprint density at radius 2 is 0.740 bits per heavy atom. The second-order valence-electron chi connectivity index (χ2n) is 10.9. The molecule has 0 atom stereocenters. The number of hydrogen-bond acceptors (Lipinski definition) is 8. The SMILES string of the molecule is c1ccc(-c2nn(-c3ccccc3)c(=Nc3ccccc3SSc3ccccc3N=c3sc(-c4ccccc4)nn3-c3ccccc3)s2)cc1. The van der Waals surface area contributed by atoms with E-state index in [1.807, 2.05) is 94.3 Å². The molecule has 8 aromatic rings. The molecule has 0 aliphatic rings. The van der Waals surface area contributed by atoms with Crippen LogP contribution in [0.4, 0.5) is 11.4 Å². The molecule has 6 nitrogen and oxygen atoms in total. The molecule has 0 aliphatic carbocycles. The number of aromatic nitrogens is 4. The first-order valence-electron chi connectivity index (χ1n) is 15.8. The van der Waals surface area contributed by atoms with Crippen molar-refractivity contribution in [2.24, 2.45) is 9.98 Å². The van der Waals surface area contributed by atoms with Gasteiger partial charge in [0.25, 0.3) is 0 Å². The van der Waals surface area contributed by atoms with Crippen LogP contribution in [-0.2, 0) is 0 Å². The third kappa shape index (κ3) is 7.19. The lowest BCUT2D eigenvalue weighted by Gasteiger charge is -2.07. The van der Waals surface area contributed by atoms with Gasteiger partial charge in [0.2, 0.25) is 9.60 Å². The van der Waals surface area contributed by atoms with Gasteiger partial charge in [-0.25, -0.2) is 19.3 Å². The molecule has 0 radical (unpaired) electrons. The molecular weight excluding hydrogens is 693 g/mol. The zero-order valence-corrected chi connectivity index (χ0v) is 29.7. The Labute approximate surface area is 305 Å². The lowest BCUT2D eigenvalue weighted by Crippen LogP contribution is -2.13. The fourth-order valence-electron chi connectivity index (χ4n) is 5.11. The van der Waals surface area contributed by atoms with Crippen LogP contribution >= 0.6 is 44.3 Å². The monoisotopic (exact) mass is 720 g/mol. The van der Waals surface area contributed by atoms with Crippen molar-refractivity contribution >= 4 is 55.6 Å². The van der Waals surface area contributed by atoms with Gasteiger partial charge >= 0.3 is 0 Å². The largest absolute Gasteiger partial charge is 0.218 e. The molecule has 0 amide bonds. The van der Waals surface area contributed by atoms with Gasteiger partial charge in [0.05, 0.1) is 22.7 Å². The van der Waals surface area contributed by atoms with E-state index in [1.165, 1.54) is 0 Å². The number of rotatable bonds is 9. The van der Waals surface area contributed by atoms with Gasteiger partial charge in [0, 0.05) is 20.9 Å². The van der Waals surface area contributed by atoms with Crippen LogP contribution in [0.3, 0.4) is 0 Å². The number of nitrogens with zero attached hydrogens (tertiary/aromatic N) is 6. The van der Waals surface area contributed by atoms with E-state index in [-0.39, 0.29) is 0 Å². The van der Waals surface area contributed by atoms with Gasteiger partial charge in [-0.05, 0) is 48.5 Å². The average molecular weight is 721 g/mol. The van der Waals surface area contributed by atoms with Gasteiger partial charge < -0.3 is 0 Å². The van der Waals surface area contributed by atoms with Crippen LogP contribution in [0.25, 0.3) is 32.5 Å². The minimum absolute atomic E-state index is 0.799. The molecule has 0 bridgehead atoms. The molecule has 10 heteroatoms. The maximum Gasteiger partial charge on any atom is 0.213 e. The second-order valence-corrected chi connectivity index (χ2v) is 15.1. The molecule has 50 heavy (non-hydrogen) atoms. The fourth-order valence-corrected chi connectivity index (χ4v) is 9.20. The molecular formula is C40H28N6S4. The van der Waals surface area contributed by atoms with Gasteiger partial charge in [-0.3, -0.25) is 0 Å². The summed E-state index contributed by atoms with van der Waals surface area (Å²) in [6, 6.07) is 57.3. The Morgan fingerprint density at radius 1 is 0.400 bits per heavy atom. The van der Waals surface area contributed by atoms with Crippen LogP contribution in [0.15, 0.2) is 190 Å². The maximum absolute atomic E-state index is 5.19. The zero-order chi connectivity index (χ0) is 33.5. The summed E-state index contributed by atoms with van der Waals surface area (Å²) in [5.74, 6) is 0. The molecule has 0 aliphatic heterocycles. The van der Waals surface area contributed by atoms with E-state index < -0.39 is 0 Å². The lowest BCUT2D eigenvalue weighted by atomic mass is 10.2. The van der Waals surface area contributed by atoms with Gasteiger partial charge in [0.15, 0.2) is 0 Å². The standard InChI is InChI=1S/C40H28N6S4/c1-5-17-29(18-6-1)37-43-45(31-21-9-3-10-22-31)39(47-37)41-33-25-13-15-27-35(33)49-50-36-28-16-14-26-34(36)42-40-46(32-23-11-4-12-24-32)44-38(48-40)30-19-7-2-8-20-30/h1-28H. The van der Waals surface area contributed by atoms with E-state index in [0.717, 1.165) is 63.3 Å². The fraction of sp³-hybridized carbons (Fsp3) is 0. The molecule has 0 saturated carbocycles. The molecule has 0 fully saturated rings. The van der Waals surface area contributed by atoms with E-state index in [9.17, 15) is 0 Å². The van der Waals surface area contributed by atoms with Gasteiger partial charge in [0.1, 0.15) is 10.0 Å². The Balaban J connectivity index is 1.15. The molecule has 0 saturated heterocycles. The molecule has 0 N–H and O–H groups in total. The van der Waals surface area contributed by atoms with E-state index in [0.29, 0.717) is 0 Å². The summed E-state index contributed by atoms with van der Waals surface area (Å²) >= 11 is 3.15. The van der Waals surface area contributed by atoms with Crippen LogP contribution in [-0.4, -0.2) is 19.6 Å². The molecule has 2 aromatic heterocycles. The summed E-state index contributed by atoms with van der Waals surface area (Å²) in [7, 11) is 3.34. The normalized spacial score (nSPS) is 12.0. The summed E-state index contributed by atoms with van der Waals surface area (Å²) in [4.78, 5) is 14.1. The molecule has 8 rings (SSSR count). The molecule has 0 spiro atoms. The van der Waals surface area contributed by atoms with E-state index in [1.54, 1.807) is 44.3 Å². The molecule has 2 heterocycles. The minimum atomic E-state index is 0.799. The molecule has 242 valence electrons. The van der Waals surface area contributed by atoms with Crippen molar-refractivity contribution in [3.8, 4) is 32.5 Å². The smallest absolute Gasteiger partial charge is 0.213 e. The van der Waals surface area contributed by atoms with Gasteiger partial charge in [-0.1, -0.05) is 166 Å². The first-order chi connectivity index (χ1) is 24.8. The average Bonchev–Trinajstić information content (AvgIpc) is 3.81. The van der Waals surface area contributed by atoms with Gasteiger partial charge in [-0.15, -0.1) is 0 Å². The van der Waals surface area contributed by atoms with Crippen LogP contribution in [0, 0.1) is 0 Å². The highest BCUT2D eigenvalue weighted by molar-refractivity contribution is 8.76. The number of para-hydroxylation sites is 4. The van der Waals surface area contributed by atoms with Crippen LogP contribution < -0.4 is 9.60 Å². The maximum atomic E-state index is 5.19. The van der Waals surface area contributed by atoms with Crippen LogP contribution in [0.2, 0.25) is 0 Å². The Kier molecular flexibility index (Phi) is 9.66. The van der Waals surface area contributed by atoms with E-state index in [2.05, 4.69) is 84.9 Å². The highest BCUT2D eigenvalue weighted by Gasteiger charge is 2.13. The zero-order valence-electron chi connectivity index (χ0n) is 26.5. The van der Waals surface area contributed by atoms with Crippen molar-refractivity contribution in [3.05, 3.63) is 179 Å². The summed E-state index contributed by atoms with van der Waals surface area (Å²) in [6.45, 7) is 0. The summed E-state index contributed by atoms with van der Waals surface area (Å²) in [5, 5.41) is 11.8. The van der Waals surface area contributed by atoms with E-state index in [4.69, 9.17) is 20.2 Å². The van der Waals surface area contributed by atoms with Crippen molar-refractivity contribution in [2.75, 3.05) is 0 Å². The number of hydrogen-bond donors (Lipinski definition) is 0. The van der Waals surface area contributed by atoms with Crippen molar-refractivity contribution in [1.82, 2.24) is 19.6 Å². The topological polar surface area (TPSA) is 60.4 Å². The third-order valence-electron chi connectivity index (χ3n) is 7.55. The first kappa shape index (κ1) is 32.0. The predicted octanol–water partition coefficient (Wildman–Crippen LogP) is 10.8. The van der Waals surface area contributed by atoms with Crippen molar-refractivity contribution in [1.29, 1.82) is 0 Å². The van der Waals surface area contributed by atoms with Gasteiger partial charge in [-0.2, -0.15) is 10.2 Å². The van der Waals surface area contributed by atoms with Crippen molar-refractivity contribution in [3.63, 3.8) is 0 Å². The summed E-state index contributed by atoms with van der Waals surface area (Å²) in [6.07, 6.45) is 0. The van der Waals surface area contributed by atoms with Crippen molar-refractivity contribution < 1.29 is 0 Å². The highest BCUT2D eigenvalue weighted by atomic mass is 33.1. The Hall–Kier alpha value is -5.26. The highest BCUT2D eigenvalue weighted by Crippen LogP contribution is 2.44. The lowest BCUT2D eigenvalue weighted by molar-refractivity contribution is 0.837. The Morgan fingerprint density at radius 3 is 1.14 bits per heavy atom. The number of benzene rings is 6. The first-order valence-corrected chi connectivity index (χ1v) is 19.6. The van der Waals surface area contributed by atoms with Crippen LogP contribution in [0.1, 0.15) is 0 Å². The van der Waals surface area contributed by atoms with E-state index >= 15 is 0 Å². The molecule has 6 aromatic carbocycles. The summed E-state index contributed by atoms with van der Waals surface area (Å²) in [5.41, 5.74) is 5.81. The van der Waals surface area contributed by atoms with Crippen LogP contribution in [0.5, 0.6) is 0 Å². The summed E-state index contributed by atoms with van der Waals surface area (Å²) < 4.78 is 3.85. The second kappa shape index (κ2) is 15.1. The minimum Gasteiger partial charge on any atom is -0.218 e. The van der Waals surface area contributed by atoms with Crippen molar-refractivity contribution in [2.45, 2.75) is 9.79 Å². The quantitative estimate of drug-likeness (QED) is 0.139. The third-order valence-corrected chi connectivity index (χ3v) is 11.9. The molecule has 0 unspecified atom stereocenters. The predicted molar refractivity (Wildman–Crippen MR) is 209 cm³/mol.